The maximum absolute atomic E-state index is 11.2. The minimum atomic E-state index is -0.377. The number of aliphatic hydroxyl groups is 1. The summed E-state index contributed by atoms with van der Waals surface area (Å²) < 4.78 is 5.16. The first-order valence-electron chi connectivity index (χ1n) is 5.50. The first-order chi connectivity index (χ1) is 7.02. The topological polar surface area (TPSA) is 46.5 Å². The molecular formula is C12H22O3. The largest absolute Gasteiger partial charge is 0.459 e. The summed E-state index contributed by atoms with van der Waals surface area (Å²) in [6.45, 7) is 9.11. The van der Waals surface area contributed by atoms with Crippen molar-refractivity contribution in [3.63, 3.8) is 0 Å². The van der Waals surface area contributed by atoms with Crippen molar-refractivity contribution in [2.24, 2.45) is 5.92 Å². The highest BCUT2D eigenvalue weighted by molar-refractivity contribution is 5.87. The highest BCUT2D eigenvalue weighted by Crippen LogP contribution is 2.16. The van der Waals surface area contributed by atoms with Gasteiger partial charge in [0.15, 0.2) is 0 Å². The minimum Gasteiger partial charge on any atom is -0.459 e. The summed E-state index contributed by atoms with van der Waals surface area (Å²) in [5.74, 6) is -0.342. The van der Waals surface area contributed by atoms with Gasteiger partial charge in [0.25, 0.3) is 0 Å². The normalized spacial score (nSPS) is 14.4. The van der Waals surface area contributed by atoms with Crippen LogP contribution in [-0.4, -0.2) is 23.8 Å². The summed E-state index contributed by atoms with van der Waals surface area (Å²) in [6.07, 6.45) is 2.76. The Labute approximate surface area is 92.1 Å². The molecule has 0 aliphatic rings. The molecule has 0 aliphatic heterocycles. The molecule has 2 unspecified atom stereocenters. The predicted molar refractivity (Wildman–Crippen MR) is 60.5 cm³/mol. The molecule has 0 aromatic carbocycles. The number of ether oxygens (including phenoxy) is 1. The Bertz CT molecular complexity index is 211. The Morgan fingerprint density at radius 2 is 2.13 bits per heavy atom. The van der Waals surface area contributed by atoms with E-state index in [0.717, 1.165) is 19.3 Å². The van der Waals surface area contributed by atoms with Crippen LogP contribution in [0, 0.1) is 5.92 Å². The summed E-state index contributed by atoms with van der Waals surface area (Å²) in [4.78, 5) is 11.2. The van der Waals surface area contributed by atoms with Gasteiger partial charge in [0.1, 0.15) is 6.10 Å². The molecule has 0 radical (unpaired) electrons. The van der Waals surface area contributed by atoms with Crippen LogP contribution < -0.4 is 0 Å². The number of unbranched alkanes of at least 4 members (excludes halogenated alkanes) is 1. The van der Waals surface area contributed by atoms with Gasteiger partial charge in [0, 0.05) is 18.1 Å². The lowest BCUT2D eigenvalue weighted by Crippen LogP contribution is -2.27. The zero-order valence-corrected chi connectivity index (χ0v) is 9.95. The van der Waals surface area contributed by atoms with E-state index in [1.807, 2.05) is 6.92 Å². The first-order valence-corrected chi connectivity index (χ1v) is 5.50. The summed E-state index contributed by atoms with van der Waals surface area (Å²) in [7, 11) is 0. The molecule has 0 saturated carbocycles. The summed E-state index contributed by atoms with van der Waals surface area (Å²) in [5, 5.41) is 9.16. The van der Waals surface area contributed by atoms with Crippen molar-refractivity contribution in [2.75, 3.05) is 6.61 Å². The number of carbonyl (C=O) groups is 1. The van der Waals surface area contributed by atoms with Crippen LogP contribution in [-0.2, 0) is 9.53 Å². The van der Waals surface area contributed by atoms with Gasteiger partial charge in [0.2, 0.25) is 0 Å². The lowest BCUT2D eigenvalue weighted by Gasteiger charge is -2.22. The lowest BCUT2D eigenvalue weighted by atomic mass is 9.98. The van der Waals surface area contributed by atoms with Crippen LogP contribution in [0.2, 0.25) is 0 Å². The average molecular weight is 214 g/mol. The van der Waals surface area contributed by atoms with Crippen LogP contribution in [0.3, 0.4) is 0 Å². The van der Waals surface area contributed by atoms with Crippen LogP contribution in [0.4, 0.5) is 0 Å². The predicted octanol–water partition coefficient (Wildman–Crippen LogP) is 2.29. The fraction of sp³-hybridized carbons (Fsp3) is 0.750. The maximum Gasteiger partial charge on any atom is 0.333 e. The molecule has 0 aromatic heterocycles. The van der Waals surface area contributed by atoms with E-state index in [1.54, 1.807) is 6.92 Å². The Hall–Kier alpha value is -0.830. The number of aliphatic hydroxyl groups excluding tert-OH is 1. The monoisotopic (exact) mass is 214 g/mol. The van der Waals surface area contributed by atoms with E-state index in [2.05, 4.69) is 13.5 Å². The second-order valence-electron chi connectivity index (χ2n) is 3.98. The zero-order valence-electron chi connectivity index (χ0n) is 9.95. The summed E-state index contributed by atoms with van der Waals surface area (Å²) in [5.41, 5.74) is 0.397. The Morgan fingerprint density at radius 3 is 2.53 bits per heavy atom. The van der Waals surface area contributed by atoms with Crippen LogP contribution in [0.25, 0.3) is 0 Å². The van der Waals surface area contributed by atoms with Crippen molar-refractivity contribution in [2.45, 2.75) is 46.1 Å². The molecule has 0 amide bonds. The van der Waals surface area contributed by atoms with Crippen LogP contribution in [0.15, 0.2) is 12.2 Å². The highest BCUT2D eigenvalue weighted by Gasteiger charge is 2.19. The van der Waals surface area contributed by atoms with Gasteiger partial charge in [-0.3, -0.25) is 0 Å². The summed E-state index contributed by atoms with van der Waals surface area (Å²) >= 11 is 0. The minimum absolute atomic E-state index is 0.0354. The second-order valence-corrected chi connectivity index (χ2v) is 3.98. The van der Waals surface area contributed by atoms with E-state index >= 15 is 0 Å². The van der Waals surface area contributed by atoms with Gasteiger partial charge >= 0.3 is 5.97 Å². The number of carbonyl (C=O) groups excluding carboxylic acids is 1. The molecule has 0 fully saturated rings. The van der Waals surface area contributed by atoms with Crippen LogP contribution in [0.1, 0.15) is 40.0 Å². The molecule has 2 atom stereocenters. The van der Waals surface area contributed by atoms with E-state index < -0.39 is 0 Å². The van der Waals surface area contributed by atoms with E-state index in [9.17, 15) is 4.79 Å². The average Bonchev–Trinajstić information content (AvgIpc) is 2.18. The second kappa shape index (κ2) is 7.46. The van der Waals surface area contributed by atoms with Crippen molar-refractivity contribution in [3.8, 4) is 0 Å². The van der Waals surface area contributed by atoms with Crippen molar-refractivity contribution < 1.29 is 14.6 Å². The molecular weight excluding hydrogens is 192 g/mol. The smallest absolute Gasteiger partial charge is 0.333 e. The molecule has 15 heavy (non-hydrogen) atoms. The Kier molecular flexibility index (Phi) is 7.05. The number of esters is 1. The SMILES string of the molecule is C=C(C)C(=O)OC(C)C(CO)CCCC. The van der Waals surface area contributed by atoms with E-state index in [4.69, 9.17) is 9.84 Å². The van der Waals surface area contributed by atoms with Gasteiger partial charge in [-0.15, -0.1) is 0 Å². The van der Waals surface area contributed by atoms with Crippen molar-refractivity contribution >= 4 is 5.97 Å². The van der Waals surface area contributed by atoms with E-state index in [-0.39, 0.29) is 24.6 Å². The molecule has 3 heteroatoms. The van der Waals surface area contributed by atoms with Crippen LogP contribution in [0.5, 0.6) is 0 Å². The summed E-state index contributed by atoms with van der Waals surface area (Å²) in [6, 6.07) is 0. The van der Waals surface area contributed by atoms with Gasteiger partial charge < -0.3 is 9.84 Å². The van der Waals surface area contributed by atoms with E-state index in [1.165, 1.54) is 0 Å². The van der Waals surface area contributed by atoms with Crippen molar-refractivity contribution in [1.82, 2.24) is 0 Å². The lowest BCUT2D eigenvalue weighted by molar-refractivity contribution is -0.146. The van der Waals surface area contributed by atoms with Gasteiger partial charge in [-0.1, -0.05) is 26.3 Å². The molecule has 0 rings (SSSR count). The fourth-order valence-electron chi connectivity index (χ4n) is 1.31. The van der Waals surface area contributed by atoms with Gasteiger partial charge in [-0.05, 0) is 20.3 Å². The molecule has 0 bridgehead atoms. The maximum atomic E-state index is 11.2. The number of hydrogen-bond acceptors (Lipinski definition) is 3. The van der Waals surface area contributed by atoms with Gasteiger partial charge in [-0.25, -0.2) is 4.79 Å². The molecule has 0 heterocycles. The van der Waals surface area contributed by atoms with Gasteiger partial charge in [0.05, 0.1) is 0 Å². The third-order valence-corrected chi connectivity index (χ3v) is 2.47. The first kappa shape index (κ1) is 14.2. The molecule has 88 valence electrons. The van der Waals surface area contributed by atoms with Gasteiger partial charge in [-0.2, -0.15) is 0 Å². The molecule has 0 spiro atoms. The molecule has 0 aromatic rings. The van der Waals surface area contributed by atoms with Crippen molar-refractivity contribution in [3.05, 3.63) is 12.2 Å². The third-order valence-electron chi connectivity index (χ3n) is 2.47. The Balaban J connectivity index is 4.08. The number of hydrogen-bond donors (Lipinski definition) is 1. The number of rotatable bonds is 7. The van der Waals surface area contributed by atoms with Crippen LogP contribution >= 0.6 is 0 Å². The van der Waals surface area contributed by atoms with E-state index in [0.29, 0.717) is 5.57 Å². The van der Waals surface area contributed by atoms with Crippen molar-refractivity contribution in [1.29, 1.82) is 0 Å². The zero-order chi connectivity index (χ0) is 11.8. The standard InChI is InChI=1S/C12H22O3/c1-5-6-7-11(8-13)10(4)15-12(14)9(2)3/h10-11,13H,2,5-8H2,1,3-4H3. The third kappa shape index (κ3) is 5.57. The molecule has 1 N–H and O–H groups in total. The molecule has 0 saturated heterocycles. The molecule has 0 aliphatic carbocycles. The molecule has 3 nitrogen and oxygen atoms in total. The quantitative estimate of drug-likeness (QED) is 0.522. The Morgan fingerprint density at radius 1 is 1.53 bits per heavy atom. The highest BCUT2D eigenvalue weighted by atomic mass is 16.5. The fourth-order valence-corrected chi connectivity index (χ4v) is 1.31.